The van der Waals surface area contributed by atoms with E-state index in [9.17, 15) is 9.59 Å². The van der Waals surface area contributed by atoms with Crippen LogP contribution in [-0.4, -0.2) is 29.8 Å². The Morgan fingerprint density at radius 1 is 1.20 bits per heavy atom. The summed E-state index contributed by atoms with van der Waals surface area (Å²) in [5.41, 5.74) is 0.529. The van der Waals surface area contributed by atoms with E-state index in [-0.39, 0.29) is 5.69 Å². The predicted octanol–water partition coefficient (Wildman–Crippen LogP) is 4.18. The van der Waals surface area contributed by atoms with E-state index in [1.54, 1.807) is 27.7 Å². The highest BCUT2D eigenvalue weighted by atomic mass is 32.1. The number of aromatic nitrogens is 1. The second kappa shape index (κ2) is 7.65. The van der Waals surface area contributed by atoms with E-state index in [1.165, 1.54) is 18.4 Å². The average Bonchev–Trinajstić information content (AvgIpc) is 2.98. The van der Waals surface area contributed by atoms with Crippen LogP contribution >= 0.6 is 11.3 Å². The second-order valence-electron chi connectivity index (χ2n) is 6.46. The largest absolute Gasteiger partial charge is 0.464 e. The lowest BCUT2D eigenvalue weighted by atomic mass is 10.1. The number of hydrogen-bond donors (Lipinski definition) is 1. The summed E-state index contributed by atoms with van der Waals surface area (Å²) in [7, 11) is 1.32. The maximum absolute atomic E-state index is 12.1. The lowest BCUT2D eigenvalue weighted by Gasteiger charge is -2.21. The number of hydrogen-bond acceptors (Lipinski definition) is 6. The van der Waals surface area contributed by atoms with E-state index in [1.807, 2.05) is 30.3 Å². The molecule has 0 aliphatic heterocycles. The highest BCUT2D eigenvalue weighted by Crippen LogP contribution is 2.33. The summed E-state index contributed by atoms with van der Waals surface area (Å²) < 4.78 is 10.1. The maximum atomic E-state index is 12.1. The Hall–Kier alpha value is -2.41. The molecule has 6 nitrogen and oxygen atoms in total. The number of carbonyl (C=O) groups excluding carboxylic acids is 2. The molecule has 0 radical (unpaired) electrons. The van der Waals surface area contributed by atoms with Crippen molar-refractivity contribution in [2.24, 2.45) is 0 Å². The number of carbonyl (C=O) groups is 2. The number of rotatable bonds is 4. The summed E-state index contributed by atoms with van der Waals surface area (Å²) in [5.74, 6) is -0.508. The Bertz CT molecular complexity index is 750. The maximum Gasteiger partial charge on any atom is 0.408 e. The molecule has 0 aliphatic rings. The van der Waals surface area contributed by atoms with Crippen LogP contribution in [0.1, 0.15) is 49.2 Å². The summed E-state index contributed by atoms with van der Waals surface area (Å²) in [6.45, 7) is 7.18. The van der Waals surface area contributed by atoms with Crippen molar-refractivity contribution < 1.29 is 19.1 Å². The minimum Gasteiger partial charge on any atom is -0.464 e. The first-order valence-corrected chi connectivity index (χ1v) is 8.67. The summed E-state index contributed by atoms with van der Waals surface area (Å²) >= 11 is 1.34. The lowest BCUT2D eigenvalue weighted by molar-refractivity contribution is 0.0507. The molecule has 0 aliphatic carbocycles. The first-order chi connectivity index (χ1) is 11.7. The van der Waals surface area contributed by atoms with Gasteiger partial charge in [0.15, 0.2) is 5.69 Å². The lowest BCUT2D eigenvalue weighted by Crippen LogP contribution is -2.34. The van der Waals surface area contributed by atoms with Crippen molar-refractivity contribution >= 4 is 23.4 Å². The van der Waals surface area contributed by atoms with Crippen LogP contribution in [0, 0.1) is 0 Å². The fraction of sp³-hybridized carbons (Fsp3) is 0.389. The van der Waals surface area contributed by atoms with Crippen molar-refractivity contribution in [2.75, 3.05) is 7.11 Å². The number of amides is 1. The Kier molecular flexibility index (Phi) is 5.79. The zero-order valence-electron chi connectivity index (χ0n) is 15.0. The van der Waals surface area contributed by atoms with Gasteiger partial charge in [0.2, 0.25) is 0 Å². The van der Waals surface area contributed by atoms with E-state index < -0.39 is 23.7 Å². The molecule has 1 aromatic heterocycles. The van der Waals surface area contributed by atoms with Crippen LogP contribution in [0.25, 0.3) is 10.4 Å². The number of benzene rings is 1. The van der Waals surface area contributed by atoms with Crippen LogP contribution in [0.2, 0.25) is 0 Å². The van der Waals surface area contributed by atoms with Crippen LogP contribution in [0.4, 0.5) is 4.79 Å². The van der Waals surface area contributed by atoms with Crippen molar-refractivity contribution in [1.82, 2.24) is 10.3 Å². The quantitative estimate of drug-likeness (QED) is 0.826. The fourth-order valence-corrected chi connectivity index (χ4v) is 3.15. The Labute approximate surface area is 151 Å². The van der Waals surface area contributed by atoms with Crippen LogP contribution in [-0.2, 0) is 9.47 Å². The van der Waals surface area contributed by atoms with E-state index in [0.29, 0.717) is 9.88 Å². The fourth-order valence-electron chi connectivity index (χ4n) is 2.09. The standard InChI is InChI=1S/C18H22N2O4S/c1-11(19-17(22)24-18(2,3)4)15-20-13(16(21)23-5)14(25-15)12-9-7-6-8-10-12/h6-11H,1-5H3,(H,19,22)/t11-/m0/s1. The molecule has 0 saturated carbocycles. The minimum absolute atomic E-state index is 0.242. The van der Waals surface area contributed by atoms with E-state index in [2.05, 4.69) is 10.3 Å². The molecular formula is C18H22N2O4S. The molecule has 134 valence electrons. The van der Waals surface area contributed by atoms with Gasteiger partial charge in [-0.25, -0.2) is 14.6 Å². The van der Waals surface area contributed by atoms with Gasteiger partial charge in [0.1, 0.15) is 10.6 Å². The minimum atomic E-state index is -0.584. The van der Waals surface area contributed by atoms with Crippen molar-refractivity contribution in [3.63, 3.8) is 0 Å². The highest BCUT2D eigenvalue weighted by Gasteiger charge is 2.24. The molecule has 0 fully saturated rings. The van der Waals surface area contributed by atoms with Crippen LogP contribution in [0.5, 0.6) is 0 Å². The number of thiazole rings is 1. The third-order valence-corrected chi connectivity index (χ3v) is 4.45. The van der Waals surface area contributed by atoms with Gasteiger partial charge in [-0.15, -0.1) is 11.3 Å². The Balaban J connectivity index is 2.28. The molecule has 0 bridgehead atoms. The Morgan fingerprint density at radius 2 is 1.84 bits per heavy atom. The second-order valence-corrected chi connectivity index (χ2v) is 7.49. The molecule has 1 N–H and O–H groups in total. The number of esters is 1. The zero-order chi connectivity index (χ0) is 18.6. The van der Waals surface area contributed by atoms with Gasteiger partial charge in [-0.3, -0.25) is 0 Å². The molecule has 0 unspecified atom stereocenters. The average molecular weight is 362 g/mol. The highest BCUT2D eigenvalue weighted by molar-refractivity contribution is 7.15. The normalized spacial score (nSPS) is 12.4. The molecule has 0 saturated heterocycles. The molecule has 1 aromatic carbocycles. The number of nitrogens with zero attached hydrogens (tertiary/aromatic N) is 1. The van der Waals surface area contributed by atoms with Crippen LogP contribution in [0.3, 0.4) is 0 Å². The molecular weight excluding hydrogens is 340 g/mol. The van der Waals surface area contributed by atoms with E-state index in [4.69, 9.17) is 9.47 Å². The molecule has 1 amide bonds. The number of ether oxygens (including phenoxy) is 2. The van der Waals surface area contributed by atoms with E-state index >= 15 is 0 Å². The SMILES string of the molecule is COC(=O)c1nc([C@H](C)NC(=O)OC(C)(C)C)sc1-c1ccccc1. The first kappa shape index (κ1) is 18.9. The smallest absolute Gasteiger partial charge is 0.408 e. The van der Waals surface area contributed by atoms with Gasteiger partial charge >= 0.3 is 12.1 Å². The molecule has 7 heteroatoms. The van der Waals surface area contributed by atoms with Crippen LogP contribution in [0.15, 0.2) is 30.3 Å². The topological polar surface area (TPSA) is 77.5 Å². The van der Waals surface area contributed by atoms with Crippen molar-refractivity contribution in [3.8, 4) is 10.4 Å². The Morgan fingerprint density at radius 3 is 2.40 bits per heavy atom. The summed E-state index contributed by atoms with van der Waals surface area (Å²) in [6, 6.07) is 9.07. The summed E-state index contributed by atoms with van der Waals surface area (Å²) in [4.78, 5) is 29.1. The zero-order valence-corrected chi connectivity index (χ0v) is 15.8. The van der Waals surface area contributed by atoms with Gasteiger partial charge in [0.25, 0.3) is 0 Å². The summed E-state index contributed by atoms with van der Waals surface area (Å²) in [6.07, 6.45) is -0.531. The van der Waals surface area contributed by atoms with Crippen LogP contribution < -0.4 is 5.32 Å². The van der Waals surface area contributed by atoms with Gasteiger partial charge in [-0.2, -0.15) is 0 Å². The van der Waals surface area contributed by atoms with Crippen molar-refractivity contribution in [2.45, 2.75) is 39.3 Å². The molecule has 2 aromatic rings. The number of alkyl carbamates (subject to hydrolysis) is 1. The summed E-state index contributed by atoms with van der Waals surface area (Å²) in [5, 5.41) is 3.34. The predicted molar refractivity (Wildman–Crippen MR) is 96.7 cm³/mol. The van der Waals surface area contributed by atoms with Crippen molar-refractivity contribution in [3.05, 3.63) is 41.0 Å². The first-order valence-electron chi connectivity index (χ1n) is 7.85. The van der Waals surface area contributed by atoms with Gasteiger partial charge in [-0.05, 0) is 33.3 Å². The molecule has 0 spiro atoms. The van der Waals surface area contributed by atoms with Crippen molar-refractivity contribution in [1.29, 1.82) is 0 Å². The molecule has 25 heavy (non-hydrogen) atoms. The monoisotopic (exact) mass is 362 g/mol. The van der Waals surface area contributed by atoms with Gasteiger partial charge in [-0.1, -0.05) is 30.3 Å². The van der Waals surface area contributed by atoms with E-state index in [0.717, 1.165) is 5.56 Å². The van der Waals surface area contributed by atoms with Gasteiger partial charge < -0.3 is 14.8 Å². The number of nitrogens with one attached hydrogen (secondary N) is 1. The molecule has 2 rings (SSSR count). The number of methoxy groups -OCH3 is 1. The van der Waals surface area contributed by atoms with Gasteiger partial charge in [0.05, 0.1) is 18.0 Å². The molecule has 1 atom stereocenters. The van der Waals surface area contributed by atoms with Gasteiger partial charge in [0, 0.05) is 0 Å². The molecule has 1 heterocycles. The third-order valence-electron chi connectivity index (χ3n) is 3.16. The third kappa shape index (κ3) is 5.03.